The zero-order valence-electron chi connectivity index (χ0n) is 7.37. The molecule has 80 valence electrons. The van der Waals surface area contributed by atoms with Crippen LogP contribution < -0.4 is 10.4 Å². The van der Waals surface area contributed by atoms with Gasteiger partial charge < -0.3 is 15.2 Å². The lowest BCUT2D eigenvalue weighted by Gasteiger charge is -2.06. The van der Waals surface area contributed by atoms with Crippen molar-refractivity contribution in [2.24, 2.45) is 0 Å². The number of carboxylic acids is 1. The normalized spacial score (nSPS) is 10.1. The van der Waals surface area contributed by atoms with Crippen LogP contribution in [0.5, 0.6) is 0 Å². The zero-order chi connectivity index (χ0) is 11.4. The highest BCUT2D eigenvalue weighted by molar-refractivity contribution is 6.54. The molecule has 0 fully saturated rings. The molecular weight excluding hydrogens is 241 g/mol. The molecule has 0 aliphatic carbocycles. The molecule has 1 rings (SSSR count). The first-order valence-corrected chi connectivity index (χ1v) is 4.78. The molecule has 0 bridgehead atoms. The van der Waals surface area contributed by atoms with Crippen LogP contribution in [0.15, 0.2) is 24.3 Å². The van der Waals surface area contributed by atoms with Crippen LogP contribution in [0.3, 0.4) is 0 Å². The number of anilines is 1. The summed E-state index contributed by atoms with van der Waals surface area (Å²) in [7, 11) is 0. The fraction of sp³-hybridized carbons (Fsp3) is 0.111. The van der Waals surface area contributed by atoms with E-state index in [1.807, 2.05) is 0 Å². The second-order valence-electron chi connectivity index (χ2n) is 2.65. The summed E-state index contributed by atoms with van der Waals surface area (Å²) in [5.74, 6) is -1.85. The third-order valence-electron chi connectivity index (χ3n) is 1.59. The first kappa shape index (κ1) is 11.8. The third-order valence-corrected chi connectivity index (χ3v) is 1.98. The van der Waals surface area contributed by atoms with Crippen molar-refractivity contribution in [2.75, 3.05) is 5.32 Å². The van der Waals surface area contributed by atoms with Gasteiger partial charge in [0.15, 0.2) is 4.84 Å². The van der Waals surface area contributed by atoms with E-state index in [1.54, 1.807) is 0 Å². The molecule has 6 heteroatoms. The van der Waals surface area contributed by atoms with Crippen LogP contribution in [-0.4, -0.2) is 16.7 Å². The van der Waals surface area contributed by atoms with E-state index >= 15 is 0 Å². The van der Waals surface area contributed by atoms with Gasteiger partial charge in [-0.25, -0.2) is 0 Å². The third kappa shape index (κ3) is 3.42. The molecule has 1 aromatic rings. The van der Waals surface area contributed by atoms with E-state index in [-0.39, 0.29) is 5.56 Å². The standard InChI is InChI=1S/C9H7Cl2NO3/c10-7(11)8(13)12-6-3-1-5(2-4-6)9(14)15/h1-4,7H,(H,12,13)(H,14,15)/p-1. The van der Waals surface area contributed by atoms with Gasteiger partial charge in [-0.2, -0.15) is 0 Å². The number of carbonyl (C=O) groups excluding carboxylic acids is 2. The van der Waals surface area contributed by atoms with Crippen molar-refractivity contribution in [2.45, 2.75) is 4.84 Å². The molecular formula is C9H6Cl2NO3-. The van der Waals surface area contributed by atoms with Crippen molar-refractivity contribution in [3.63, 3.8) is 0 Å². The topological polar surface area (TPSA) is 69.2 Å². The average Bonchev–Trinajstić information content (AvgIpc) is 2.18. The SMILES string of the molecule is O=C([O-])c1ccc(NC(=O)C(Cl)Cl)cc1. The van der Waals surface area contributed by atoms with E-state index in [0.717, 1.165) is 0 Å². The summed E-state index contributed by atoms with van der Waals surface area (Å²) < 4.78 is 0. The molecule has 0 heterocycles. The minimum Gasteiger partial charge on any atom is -0.545 e. The fourth-order valence-electron chi connectivity index (χ4n) is 0.886. The summed E-state index contributed by atoms with van der Waals surface area (Å²) in [5, 5.41) is 12.8. The number of halogens is 2. The van der Waals surface area contributed by atoms with Crippen LogP contribution >= 0.6 is 23.2 Å². The number of carbonyl (C=O) groups is 2. The maximum atomic E-state index is 11.0. The summed E-state index contributed by atoms with van der Waals surface area (Å²) in [6, 6.07) is 5.45. The Balaban J connectivity index is 2.73. The summed E-state index contributed by atoms with van der Waals surface area (Å²) in [6.07, 6.45) is 0. The van der Waals surface area contributed by atoms with Crippen molar-refractivity contribution in [1.29, 1.82) is 0 Å². The van der Waals surface area contributed by atoms with E-state index in [2.05, 4.69) is 5.32 Å². The molecule has 0 saturated heterocycles. The van der Waals surface area contributed by atoms with Gasteiger partial charge in [0.1, 0.15) is 0 Å². The molecule has 1 N–H and O–H groups in total. The van der Waals surface area contributed by atoms with Gasteiger partial charge in [-0.1, -0.05) is 35.3 Å². The molecule has 0 unspecified atom stereocenters. The van der Waals surface area contributed by atoms with Crippen LogP contribution in [0.4, 0.5) is 5.69 Å². The van der Waals surface area contributed by atoms with Gasteiger partial charge in [0, 0.05) is 5.69 Å². The Labute approximate surface area is 95.8 Å². The lowest BCUT2D eigenvalue weighted by molar-refractivity contribution is -0.255. The summed E-state index contributed by atoms with van der Waals surface area (Å²) in [4.78, 5) is 20.3. The Morgan fingerprint density at radius 2 is 1.73 bits per heavy atom. The first-order chi connectivity index (χ1) is 7.00. The number of rotatable bonds is 3. The smallest absolute Gasteiger partial charge is 0.257 e. The second kappa shape index (κ2) is 5.00. The van der Waals surface area contributed by atoms with E-state index in [4.69, 9.17) is 23.2 Å². The Morgan fingerprint density at radius 3 is 2.13 bits per heavy atom. The molecule has 0 aliphatic rings. The second-order valence-corrected chi connectivity index (χ2v) is 3.75. The largest absolute Gasteiger partial charge is 0.545 e. The van der Waals surface area contributed by atoms with E-state index in [9.17, 15) is 14.7 Å². The lowest BCUT2D eigenvalue weighted by Crippen LogP contribution is -2.22. The van der Waals surface area contributed by atoms with Crippen molar-refractivity contribution >= 4 is 40.8 Å². The number of nitrogens with one attached hydrogen (secondary N) is 1. The van der Waals surface area contributed by atoms with Gasteiger partial charge in [0.05, 0.1) is 5.97 Å². The van der Waals surface area contributed by atoms with Crippen LogP contribution in [0, 0.1) is 0 Å². The maximum Gasteiger partial charge on any atom is 0.257 e. The van der Waals surface area contributed by atoms with Crippen LogP contribution in [-0.2, 0) is 4.79 Å². The van der Waals surface area contributed by atoms with Crippen molar-refractivity contribution < 1.29 is 14.7 Å². The van der Waals surface area contributed by atoms with Crippen LogP contribution in [0.2, 0.25) is 0 Å². The highest BCUT2D eigenvalue weighted by atomic mass is 35.5. The molecule has 0 spiro atoms. The number of amides is 1. The number of hydrogen-bond acceptors (Lipinski definition) is 3. The number of alkyl halides is 2. The van der Waals surface area contributed by atoms with Gasteiger partial charge in [0.25, 0.3) is 5.91 Å². The lowest BCUT2D eigenvalue weighted by atomic mass is 10.2. The van der Waals surface area contributed by atoms with E-state index in [0.29, 0.717) is 5.69 Å². The van der Waals surface area contributed by atoms with Gasteiger partial charge in [0.2, 0.25) is 0 Å². The highest BCUT2D eigenvalue weighted by Crippen LogP contribution is 2.11. The zero-order valence-corrected chi connectivity index (χ0v) is 8.88. The molecule has 0 saturated carbocycles. The van der Waals surface area contributed by atoms with Crippen LogP contribution in [0.1, 0.15) is 10.4 Å². The summed E-state index contributed by atoms with van der Waals surface area (Å²) in [6.45, 7) is 0. The van der Waals surface area contributed by atoms with Crippen LogP contribution in [0.25, 0.3) is 0 Å². The number of carboxylic acid groups (broad SMARTS) is 1. The van der Waals surface area contributed by atoms with Gasteiger partial charge >= 0.3 is 0 Å². The predicted molar refractivity (Wildman–Crippen MR) is 54.9 cm³/mol. The van der Waals surface area contributed by atoms with Crippen molar-refractivity contribution in [3.05, 3.63) is 29.8 Å². The summed E-state index contributed by atoms with van der Waals surface area (Å²) >= 11 is 10.6. The molecule has 0 aliphatic heterocycles. The molecule has 0 atom stereocenters. The number of aromatic carboxylic acids is 1. The van der Waals surface area contributed by atoms with Gasteiger partial charge in [-0.05, 0) is 17.7 Å². The molecule has 1 amide bonds. The first-order valence-electron chi connectivity index (χ1n) is 3.91. The van der Waals surface area contributed by atoms with Crippen molar-refractivity contribution in [1.82, 2.24) is 0 Å². The number of benzene rings is 1. The molecule has 0 aromatic heterocycles. The number of hydrogen-bond donors (Lipinski definition) is 1. The summed E-state index contributed by atoms with van der Waals surface area (Å²) in [5.41, 5.74) is 0.442. The monoisotopic (exact) mass is 246 g/mol. The quantitative estimate of drug-likeness (QED) is 0.803. The minimum absolute atomic E-state index is 0.0290. The van der Waals surface area contributed by atoms with E-state index in [1.165, 1.54) is 24.3 Å². The molecule has 1 aromatic carbocycles. The highest BCUT2D eigenvalue weighted by Gasteiger charge is 2.10. The molecule has 0 radical (unpaired) electrons. The van der Waals surface area contributed by atoms with E-state index < -0.39 is 16.7 Å². The predicted octanol–water partition coefficient (Wildman–Crippen LogP) is 0.792. The maximum absolute atomic E-state index is 11.0. The van der Waals surface area contributed by atoms with Gasteiger partial charge in [-0.3, -0.25) is 4.79 Å². The Morgan fingerprint density at radius 1 is 1.20 bits per heavy atom. The minimum atomic E-state index is -1.28. The Bertz CT molecular complexity index is 375. The average molecular weight is 247 g/mol. The van der Waals surface area contributed by atoms with Crippen molar-refractivity contribution in [3.8, 4) is 0 Å². The fourth-order valence-corrected chi connectivity index (χ4v) is 0.996. The van der Waals surface area contributed by atoms with Gasteiger partial charge in [-0.15, -0.1) is 0 Å². The Kier molecular flexibility index (Phi) is 3.94. The molecule has 15 heavy (non-hydrogen) atoms. The molecule has 4 nitrogen and oxygen atoms in total. The Hall–Kier alpha value is -1.26.